The van der Waals surface area contributed by atoms with Crippen LogP contribution in [-0.2, 0) is 15.4 Å². The van der Waals surface area contributed by atoms with Crippen LogP contribution in [0.2, 0.25) is 5.02 Å². The molecule has 162 valence electrons. The summed E-state index contributed by atoms with van der Waals surface area (Å²) in [5.41, 5.74) is 5.11. The summed E-state index contributed by atoms with van der Waals surface area (Å²) >= 11 is 5.90. The lowest BCUT2D eigenvalue weighted by Gasteiger charge is -2.33. The Hall–Kier alpha value is -2.85. The van der Waals surface area contributed by atoms with E-state index >= 15 is 0 Å². The number of hydrogen-bond acceptors (Lipinski definition) is 7. The molecule has 2 aromatic heterocycles. The summed E-state index contributed by atoms with van der Waals surface area (Å²) in [6.45, 7) is 2.97. The van der Waals surface area contributed by atoms with Crippen LogP contribution in [-0.4, -0.2) is 35.2 Å². The maximum absolute atomic E-state index is 14.7. The molecule has 4 rings (SSSR count). The second kappa shape index (κ2) is 7.38. The smallest absolute Gasteiger partial charge is 0.162 e. The Bertz CT molecular complexity index is 1350. The van der Waals surface area contributed by atoms with Crippen molar-refractivity contribution in [3.05, 3.63) is 58.9 Å². The summed E-state index contributed by atoms with van der Waals surface area (Å²) in [4.78, 5) is 12.5. The first kappa shape index (κ1) is 21.4. The van der Waals surface area contributed by atoms with Gasteiger partial charge >= 0.3 is 0 Å². The van der Waals surface area contributed by atoms with Crippen molar-refractivity contribution in [2.24, 2.45) is 10.7 Å². The molecule has 0 aliphatic carbocycles. The molecule has 0 saturated heterocycles. The minimum atomic E-state index is -3.61. The van der Waals surface area contributed by atoms with Gasteiger partial charge in [0.05, 0.1) is 17.0 Å². The Balaban J connectivity index is 1.78. The third-order valence-corrected chi connectivity index (χ3v) is 7.76. The molecule has 1 aliphatic rings. The van der Waals surface area contributed by atoms with Crippen LogP contribution in [0.4, 0.5) is 20.3 Å². The van der Waals surface area contributed by atoms with Crippen LogP contribution in [0.5, 0.6) is 0 Å². The van der Waals surface area contributed by atoms with Crippen molar-refractivity contribution in [3.63, 3.8) is 0 Å². The second-order valence-corrected chi connectivity index (χ2v) is 10.3. The first-order chi connectivity index (χ1) is 14.5. The number of halogens is 3. The lowest BCUT2D eigenvalue weighted by molar-refractivity contribution is 0.486. The van der Waals surface area contributed by atoms with E-state index in [9.17, 15) is 17.2 Å². The third-order valence-electron chi connectivity index (χ3n) is 5.27. The number of rotatable bonds is 3. The molecule has 1 aliphatic heterocycles. The zero-order chi connectivity index (χ0) is 22.6. The minimum absolute atomic E-state index is 0.0540. The lowest BCUT2D eigenvalue weighted by Crippen LogP contribution is -2.47. The van der Waals surface area contributed by atoms with Gasteiger partial charge in [-0.05, 0) is 38.1 Å². The number of nitrogens with two attached hydrogens (primary N) is 1. The molecule has 1 aromatic carbocycles. The number of hydrogen-bond donors (Lipinski definition) is 2. The molecule has 0 fully saturated rings. The molecular formula is C20H18ClF2N5O2S. The fourth-order valence-electron chi connectivity index (χ4n) is 3.55. The number of amidine groups is 1. The summed E-state index contributed by atoms with van der Waals surface area (Å²) in [7, 11) is -3.61. The summed E-state index contributed by atoms with van der Waals surface area (Å²) in [5.74, 6) is -1.45. The molecule has 0 bridgehead atoms. The summed E-state index contributed by atoms with van der Waals surface area (Å²) in [5, 5.41) is 2.48. The molecule has 3 N–H and O–H groups in total. The van der Waals surface area contributed by atoms with E-state index in [1.54, 1.807) is 0 Å². The van der Waals surface area contributed by atoms with Crippen molar-refractivity contribution < 1.29 is 17.2 Å². The van der Waals surface area contributed by atoms with Gasteiger partial charge < -0.3 is 11.1 Å². The summed E-state index contributed by atoms with van der Waals surface area (Å²) in [6, 6.07) is 5.50. The van der Waals surface area contributed by atoms with Crippen molar-refractivity contribution in [2.75, 3.05) is 11.1 Å². The summed E-state index contributed by atoms with van der Waals surface area (Å²) < 4.78 is 53.9. The van der Waals surface area contributed by atoms with Crippen molar-refractivity contribution in [1.29, 1.82) is 0 Å². The Labute approximate surface area is 182 Å². The Morgan fingerprint density at radius 2 is 1.94 bits per heavy atom. The maximum atomic E-state index is 14.7. The molecule has 2 atom stereocenters. The van der Waals surface area contributed by atoms with E-state index in [1.165, 1.54) is 44.3 Å². The SMILES string of the molecule is CC1C(N)=N[C@](C)(c2cc(Nc3ncc(F)c4cc(Cl)cnc34)ccc2F)CS1(=O)=O. The van der Waals surface area contributed by atoms with Gasteiger partial charge in [0.1, 0.15) is 28.0 Å². The molecule has 3 aromatic rings. The Morgan fingerprint density at radius 1 is 1.19 bits per heavy atom. The van der Waals surface area contributed by atoms with Gasteiger partial charge in [-0.25, -0.2) is 22.2 Å². The minimum Gasteiger partial charge on any atom is -0.386 e. The van der Waals surface area contributed by atoms with E-state index in [0.29, 0.717) is 5.69 Å². The first-order valence-electron chi connectivity index (χ1n) is 9.24. The molecule has 11 heteroatoms. The molecule has 0 amide bonds. The highest BCUT2D eigenvalue weighted by molar-refractivity contribution is 7.92. The van der Waals surface area contributed by atoms with Gasteiger partial charge in [0, 0.05) is 22.8 Å². The predicted octanol–water partition coefficient (Wildman–Crippen LogP) is 3.69. The molecular weight excluding hydrogens is 448 g/mol. The fourth-order valence-corrected chi connectivity index (χ4v) is 5.38. The zero-order valence-corrected chi connectivity index (χ0v) is 18.1. The number of benzene rings is 1. The van der Waals surface area contributed by atoms with Gasteiger partial charge in [0.15, 0.2) is 21.5 Å². The Kier molecular flexibility index (Phi) is 5.09. The number of nitrogens with zero attached hydrogens (tertiary/aromatic N) is 3. The van der Waals surface area contributed by atoms with Crippen LogP contribution in [0.25, 0.3) is 10.9 Å². The lowest BCUT2D eigenvalue weighted by atomic mass is 9.93. The van der Waals surface area contributed by atoms with Crippen LogP contribution in [0.15, 0.2) is 41.7 Å². The molecule has 0 saturated carbocycles. The van der Waals surface area contributed by atoms with Crippen LogP contribution in [0.3, 0.4) is 0 Å². The Morgan fingerprint density at radius 3 is 2.65 bits per heavy atom. The number of fused-ring (bicyclic) bond motifs is 1. The molecule has 0 spiro atoms. The topological polar surface area (TPSA) is 110 Å². The third kappa shape index (κ3) is 3.81. The number of nitrogens with one attached hydrogen (secondary N) is 1. The molecule has 31 heavy (non-hydrogen) atoms. The highest BCUT2D eigenvalue weighted by atomic mass is 35.5. The van der Waals surface area contributed by atoms with E-state index in [4.69, 9.17) is 17.3 Å². The van der Waals surface area contributed by atoms with Gasteiger partial charge in [0.25, 0.3) is 0 Å². The van der Waals surface area contributed by atoms with Crippen LogP contribution >= 0.6 is 11.6 Å². The van der Waals surface area contributed by atoms with Gasteiger partial charge in [-0.1, -0.05) is 11.6 Å². The number of aliphatic imine (C=N–C) groups is 1. The van der Waals surface area contributed by atoms with E-state index in [1.807, 2.05) is 0 Å². The fraction of sp³-hybridized carbons (Fsp3) is 0.250. The maximum Gasteiger partial charge on any atom is 0.162 e. The van der Waals surface area contributed by atoms with Crippen LogP contribution in [0, 0.1) is 11.6 Å². The number of sulfone groups is 1. The van der Waals surface area contributed by atoms with Gasteiger partial charge in [0.2, 0.25) is 0 Å². The number of anilines is 2. The van der Waals surface area contributed by atoms with E-state index in [2.05, 4.69) is 20.3 Å². The van der Waals surface area contributed by atoms with Crippen molar-refractivity contribution in [3.8, 4) is 0 Å². The predicted molar refractivity (Wildman–Crippen MR) is 116 cm³/mol. The van der Waals surface area contributed by atoms with Crippen LogP contribution in [0.1, 0.15) is 19.4 Å². The molecule has 7 nitrogen and oxygen atoms in total. The van der Waals surface area contributed by atoms with Crippen molar-refractivity contribution >= 4 is 49.7 Å². The van der Waals surface area contributed by atoms with Gasteiger partial charge in [-0.15, -0.1) is 0 Å². The average Bonchev–Trinajstić information content (AvgIpc) is 2.69. The highest BCUT2D eigenvalue weighted by Crippen LogP contribution is 2.36. The van der Waals surface area contributed by atoms with Crippen LogP contribution < -0.4 is 11.1 Å². The monoisotopic (exact) mass is 465 g/mol. The molecule has 3 heterocycles. The summed E-state index contributed by atoms with van der Waals surface area (Å²) in [6.07, 6.45) is 2.38. The van der Waals surface area contributed by atoms with E-state index in [0.717, 1.165) is 6.20 Å². The largest absolute Gasteiger partial charge is 0.386 e. The number of aromatic nitrogens is 2. The van der Waals surface area contributed by atoms with E-state index in [-0.39, 0.29) is 38.9 Å². The standard InChI is InChI=1S/C20H18ClF2N5O2S/c1-10-18(24)28-20(2,9-31(10,29)30)14-6-12(3-4-15(14)22)27-19-17-13(16(23)8-26-19)5-11(21)7-25-17/h3-8,10H,9H2,1-2H3,(H2,24,28)(H,26,27)/t10?,20-/m0/s1. The second-order valence-electron chi connectivity index (χ2n) is 7.58. The van der Waals surface area contributed by atoms with Gasteiger partial charge in [-0.2, -0.15) is 0 Å². The van der Waals surface area contributed by atoms with Crippen molar-refractivity contribution in [2.45, 2.75) is 24.6 Å². The van der Waals surface area contributed by atoms with E-state index < -0.39 is 32.3 Å². The van der Waals surface area contributed by atoms with Crippen molar-refractivity contribution in [1.82, 2.24) is 9.97 Å². The molecule has 1 unspecified atom stereocenters. The zero-order valence-electron chi connectivity index (χ0n) is 16.5. The number of pyridine rings is 2. The highest BCUT2D eigenvalue weighted by Gasteiger charge is 2.42. The quantitative estimate of drug-likeness (QED) is 0.610. The first-order valence-corrected chi connectivity index (χ1v) is 11.3. The normalized spacial score (nSPS) is 22.9. The van der Waals surface area contributed by atoms with Gasteiger partial charge in [-0.3, -0.25) is 9.98 Å². The average molecular weight is 466 g/mol. The molecule has 0 radical (unpaired) electrons.